The molecule has 0 fully saturated rings. The van der Waals surface area contributed by atoms with E-state index in [2.05, 4.69) is 50.1 Å². The van der Waals surface area contributed by atoms with E-state index in [0.29, 0.717) is 13.0 Å². The molecule has 0 saturated carbocycles. The van der Waals surface area contributed by atoms with E-state index in [0.717, 1.165) is 20.1 Å². The number of hydrogen-bond donors (Lipinski definition) is 0. The van der Waals surface area contributed by atoms with Crippen molar-refractivity contribution in [2.45, 2.75) is 19.3 Å². The quantitative estimate of drug-likeness (QED) is 0.646. The first kappa shape index (κ1) is 14.8. The third-order valence-corrected chi connectivity index (χ3v) is 4.73. The molecule has 1 aliphatic rings. The number of ether oxygens (including phenoxy) is 1. The highest BCUT2D eigenvalue weighted by atomic mass is 79.9. The van der Waals surface area contributed by atoms with Crippen LogP contribution in [0.15, 0.2) is 45.3 Å². The van der Waals surface area contributed by atoms with E-state index in [1.807, 2.05) is 25.1 Å². The number of carbonyl (C=O) groups is 1. The number of fused-ring (bicyclic) bond motifs is 3. The lowest BCUT2D eigenvalue weighted by molar-refractivity contribution is -0.145. The Kier molecular flexibility index (Phi) is 4.18. The SMILES string of the molecule is CCOC(=O)C1Cc2cc(Br)ccc2-c2ccc(Br)cc21. The summed E-state index contributed by atoms with van der Waals surface area (Å²) < 4.78 is 7.27. The van der Waals surface area contributed by atoms with Crippen molar-refractivity contribution in [3.8, 4) is 11.1 Å². The molecule has 4 heteroatoms. The number of halogens is 2. The molecule has 1 aliphatic carbocycles. The predicted octanol–water partition coefficient (Wildman–Crippen LogP) is 5.08. The van der Waals surface area contributed by atoms with E-state index in [9.17, 15) is 4.79 Å². The molecule has 0 N–H and O–H groups in total. The number of carbonyl (C=O) groups excluding carboxylic acids is 1. The van der Waals surface area contributed by atoms with Crippen LogP contribution in [0.3, 0.4) is 0 Å². The molecule has 1 unspecified atom stereocenters. The molecule has 2 aromatic carbocycles. The first-order valence-electron chi connectivity index (χ1n) is 6.85. The Morgan fingerprint density at radius 2 is 1.81 bits per heavy atom. The molecule has 2 nitrogen and oxygen atoms in total. The number of hydrogen-bond acceptors (Lipinski definition) is 2. The van der Waals surface area contributed by atoms with Crippen LogP contribution in [0, 0.1) is 0 Å². The van der Waals surface area contributed by atoms with Gasteiger partial charge in [-0.25, -0.2) is 0 Å². The van der Waals surface area contributed by atoms with E-state index in [1.54, 1.807) is 0 Å². The van der Waals surface area contributed by atoms with Gasteiger partial charge in [0.15, 0.2) is 0 Å². The van der Waals surface area contributed by atoms with Gasteiger partial charge in [-0.15, -0.1) is 0 Å². The molecule has 0 bridgehead atoms. The average molecular weight is 410 g/mol. The van der Waals surface area contributed by atoms with Gasteiger partial charge in [-0.1, -0.05) is 44.0 Å². The molecule has 0 aromatic heterocycles. The number of rotatable bonds is 2. The summed E-state index contributed by atoms with van der Waals surface area (Å²) in [6, 6.07) is 12.3. The Hall–Kier alpha value is -1.13. The van der Waals surface area contributed by atoms with E-state index in [4.69, 9.17) is 4.74 Å². The summed E-state index contributed by atoms with van der Waals surface area (Å²) >= 11 is 7.00. The summed E-state index contributed by atoms with van der Waals surface area (Å²) in [5.41, 5.74) is 4.53. The fourth-order valence-electron chi connectivity index (χ4n) is 2.84. The summed E-state index contributed by atoms with van der Waals surface area (Å²) in [5.74, 6) is -0.387. The molecular formula is C17H14Br2O2. The maximum Gasteiger partial charge on any atom is 0.313 e. The molecule has 1 atom stereocenters. The molecule has 0 aliphatic heterocycles. The first-order chi connectivity index (χ1) is 10.1. The van der Waals surface area contributed by atoms with Crippen LogP contribution in [-0.2, 0) is 16.0 Å². The maximum absolute atomic E-state index is 12.3. The van der Waals surface area contributed by atoms with Gasteiger partial charge in [-0.05, 0) is 59.9 Å². The van der Waals surface area contributed by atoms with Crippen LogP contribution in [0.1, 0.15) is 24.0 Å². The van der Waals surface area contributed by atoms with Crippen LogP contribution < -0.4 is 0 Å². The van der Waals surface area contributed by atoms with Crippen molar-refractivity contribution in [2.24, 2.45) is 0 Å². The van der Waals surface area contributed by atoms with Crippen molar-refractivity contribution in [2.75, 3.05) is 6.61 Å². The Morgan fingerprint density at radius 3 is 2.52 bits per heavy atom. The van der Waals surface area contributed by atoms with Crippen molar-refractivity contribution < 1.29 is 9.53 Å². The standard InChI is InChI=1S/C17H14Br2O2/c1-2-21-17(20)16-8-10-7-11(18)3-5-13(10)14-6-4-12(19)9-15(14)16/h3-7,9,16H,2,8H2,1H3. The van der Waals surface area contributed by atoms with Crippen molar-refractivity contribution in [3.05, 3.63) is 56.5 Å². The summed E-state index contributed by atoms with van der Waals surface area (Å²) in [5, 5.41) is 0. The van der Waals surface area contributed by atoms with Gasteiger partial charge in [0.2, 0.25) is 0 Å². The minimum Gasteiger partial charge on any atom is -0.466 e. The molecule has 0 radical (unpaired) electrons. The van der Waals surface area contributed by atoms with Gasteiger partial charge in [0.25, 0.3) is 0 Å². The first-order valence-corrected chi connectivity index (χ1v) is 8.43. The molecule has 3 rings (SSSR count). The van der Waals surface area contributed by atoms with Gasteiger partial charge in [0.1, 0.15) is 0 Å². The third kappa shape index (κ3) is 2.79. The molecule has 2 aromatic rings. The van der Waals surface area contributed by atoms with Gasteiger partial charge in [0, 0.05) is 8.95 Å². The van der Waals surface area contributed by atoms with Crippen LogP contribution in [0.2, 0.25) is 0 Å². The van der Waals surface area contributed by atoms with Crippen LogP contribution in [0.4, 0.5) is 0 Å². The van der Waals surface area contributed by atoms with E-state index >= 15 is 0 Å². The minimum absolute atomic E-state index is 0.150. The van der Waals surface area contributed by atoms with Crippen LogP contribution >= 0.6 is 31.9 Å². The lowest BCUT2D eigenvalue weighted by Gasteiger charge is -2.27. The van der Waals surface area contributed by atoms with Crippen molar-refractivity contribution in [1.82, 2.24) is 0 Å². The van der Waals surface area contributed by atoms with Gasteiger partial charge in [-0.3, -0.25) is 4.79 Å². The van der Waals surface area contributed by atoms with E-state index < -0.39 is 0 Å². The van der Waals surface area contributed by atoms with E-state index in [-0.39, 0.29) is 11.9 Å². The molecule has 0 amide bonds. The lowest BCUT2D eigenvalue weighted by Crippen LogP contribution is -2.22. The minimum atomic E-state index is -0.237. The topological polar surface area (TPSA) is 26.3 Å². The second-order valence-corrected chi connectivity index (χ2v) is 6.87. The summed E-state index contributed by atoms with van der Waals surface area (Å²) in [6.45, 7) is 2.25. The Morgan fingerprint density at radius 1 is 1.14 bits per heavy atom. The average Bonchev–Trinajstić information content (AvgIpc) is 2.46. The number of benzene rings is 2. The normalized spacial score (nSPS) is 16.0. The zero-order chi connectivity index (χ0) is 15.0. The maximum atomic E-state index is 12.3. The summed E-state index contributed by atoms with van der Waals surface area (Å²) in [4.78, 5) is 12.3. The van der Waals surface area contributed by atoms with Crippen LogP contribution in [0.25, 0.3) is 11.1 Å². The summed E-state index contributed by atoms with van der Waals surface area (Å²) in [6.07, 6.45) is 0.678. The smallest absolute Gasteiger partial charge is 0.313 e. The van der Waals surface area contributed by atoms with Gasteiger partial charge in [-0.2, -0.15) is 0 Å². The largest absolute Gasteiger partial charge is 0.466 e. The zero-order valence-electron chi connectivity index (χ0n) is 11.5. The molecular weight excluding hydrogens is 396 g/mol. The molecule has 21 heavy (non-hydrogen) atoms. The number of esters is 1. The molecule has 108 valence electrons. The van der Waals surface area contributed by atoms with Crippen molar-refractivity contribution in [3.63, 3.8) is 0 Å². The highest BCUT2D eigenvalue weighted by Gasteiger charge is 2.31. The third-order valence-electron chi connectivity index (χ3n) is 3.74. The monoisotopic (exact) mass is 408 g/mol. The molecule has 0 saturated heterocycles. The Labute approximate surface area is 140 Å². The zero-order valence-corrected chi connectivity index (χ0v) is 14.7. The lowest BCUT2D eigenvalue weighted by atomic mass is 9.79. The highest BCUT2D eigenvalue weighted by Crippen LogP contribution is 2.42. The second-order valence-electron chi connectivity index (χ2n) is 5.04. The van der Waals surface area contributed by atoms with Crippen LogP contribution in [0.5, 0.6) is 0 Å². The summed E-state index contributed by atoms with van der Waals surface area (Å²) in [7, 11) is 0. The fraction of sp³-hybridized carbons (Fsp3) is 0.235. The second kappa shape index (κ2) is 5.93. The molecule has 0 heterocycles. The Balaban J connectivity index is 2.16. The van der Waals surface area contributed by atoms with E-state index in [1.165, 1.54) is 11.1 Å². The van der Waals surface area contributed by atoms with Crippen LogP contribution in [-0.4, -0.2) is 12.6 Å². The van der Waals surface area contributed by atoms with Crippen molar-refractivity contribution >= 4 is 37.8 Å². The van der Waals surface area contributed by atoms with Gasteiger partial charge < -0.3 is 4.74 Å². The highest BCUT2D eigenvalue weighted by molar-refractivity contribution is 9.10. The van der Waals surface area contributed by atoms with Gasteiger partial charge in [0.05, 0.1) is 12.5 Å². The Bertz CT molecular complexity index is 710. The van der Waals surface area contributed by atoms with Gasteiger partial charge >= 0.3 is 5.97 Å². The molecule has 0 spiro atoms. The predicted molar refractivity (Wildman–Crippen MR) is 90.4 cm³/mol. The fourth-order valence-corrected chi connectivity index (χ4v) is 3.63. The van der Waals surface area contributed by atoms with Crippen molar-refractivity contribution in [1.29, 1.82) is 0 Å².